The van der Waals surface area contributed by atoms with Crippen molar-refractivity contribution in [3.8, 4) is 5.75 Å². The number of nitrogens with one attached hydrogen (secondary N) is 1. The van der Waals surface area contributed by atoms with Gasteiger partial charge in [0.1, 0.15) is 5.75 Å². The molecule has 0 aliphatic rings. The highest BCUT2D eigenvalue weighted by molar-refractivity contribution is 5.56. The van der Waals surface area contributed by atoms with Gasteiger partial charge < -0.3 is 10.1 Å². The average Bonchev–Trinajstić information content (AvgIpc) is 2.36. The molecule has 1 aromatic rings. The van der Waals surface area contributed by atoms with Gasteiger partial charge in [-0.1, -0.05) is 45.7 Å². The third-order valence-corrected chi connectivity index (χ3v) is 2.93. The maximum atomic E-state index is 5.83. The van der Waals surface area contributed by atoms with E-state index in [4.69, 9.17) is 4.74 Å². The van der Waals surface area contributed by atoms with Crippen LogP contribution in [0.5, 0.6) is 5.75 Å². The zero-order chi connectivity index (χ0) is 13.2. The van der Waals surface area contributed by atoms with Crippen LogP contribution >= 0.6 is 0 Å². The van der Waals surface area contributed by atoms with Crippen molar-refractivity contribution in [1.82, 2.24) is 0 Å². The van der Waals surface area contributed by atoms with E-state index in [0.29, 0.717) is 0 Å². The molecule has 0 aliphatic heterocycles. The van der Waals surface area contributed by atoms with E-state index < -0.39 is 0 Å². The Labute approximate surface area is 112 Å². The first kappa shape index (κ1) is 14.9. The lowest BCUT2D eigenvalue weighted by Crippen LogP contribution is -2.07. The molecule has 2 nitrogen and oxygen atoms in total. The summed E-state index contributed by atoms with van der Waals surface area (Å²) in [5.74, 6) is 1.72. The fraction of sp³-hybridized carbons (Fsp3) is 0.625. The summed E-state index contributed by atoms with van der Waals surface area (Å²) < 4.78 is 5.83. The van der Waals surface area contributed by atoms with Crippen LogP contribution in [-0.4, -0.2) is 13.2 Å². The largest absolute Gasteiger partial charge is 0.491 e. The van der Waals surface area contributed by atoms with Crippen LogP contribution in [0.2, 0.25) is 0 Å². The molecule has 1 rings (SSSR count). The summed E-state index contributed by atoms with van der Waals surface area (Å²) in [5.41, 5.74) is 1.12. The van der Waals surface area contributed by atoms with Gasteiger partial charge in [-0.25, -0.2) is 0 Å². The summed E-state index contributed by atoms with van der Waals surface area (Å²) in [7, 11) is 0. The van der Waals surface area contributed by atoms with Crippen LogP contribution in [0, 0.1) is 5.92 Å². The molecule has 0 heterocycles. The van der Waals surface area contributed by atoms with E-state index in [-0.39, 0.29) is 0 Å². The van der Waals surface area contributed by atoms with Crippen LogP contribution in [0.3, 0.4) is 0 Å². The Morgan fingerprint density at radius 1 is 1.17 bits per heavy atom. The Morgan fingerprint density at radius 2 is 1.94 bits per heavy atom. The maximum Gasteiger partial charge on any atom is 0.142 e. The number of unbranched alkanes of at least 4 members (excludes halogenated alkanes) is 2. The molecule has 0 radical (unpaired) electrons. The van der Waals surface area contributed by atoms with Crippen molar-refractivity contribution in [3.63, 3.8) is 0 Å². The highest BCUT2D eigenvalue weighted by atomic mass is 16.5. The van der Waals surface area contributed by atoms with Crippen molar-refractivity contribution in [1.29, 1.82) is 0 Å². The molecule has 2 heteroatoms. The Kier molecular flexibility index (Phi) is 7.31. The topological polar surface area (TPSA) is 21.3 Å². The lowest BCUT2D eigenvalue weighted by Gasteiger charge is -2.13. The molecule has 0 saturated heterocycles. The van der Waals surface area contributed by atoms with Crippen LogP contribution in [0.1, 0.15) is 46.5 Å². The van der Waals surface area contributed by atoms with Gasteiger partial charge in [0.15, 0.2) is 0 Å². The minimum Gasteiger partial charge on any atom is -0.491 e. The Balaban J connectivity index is 2.40. The number of ether oxygens (including phenoxy) is 1. The molecule has 0 spiro atoms. The third-order valence-electron chi connectivity index (χ3n) is 2.93. The van der Waals surface area contributed by atoms with Crippen molar-refractivity contribution in [2.75, 3.05) is 18.5 Å². The third kappa shape index (κ3) is 5.95. The number of anilines is 1. The zero-order valence-corrected chi connectivity index (χ0v) is 12.0. The molecule has 0 aromatic heterocycles. The minimum absolute atomic E-state index is 0.732. The van der Waals surface area contributed by atoms with E-state index in [1.165, 1.54) is 19.3 Å². The fourth-order valence-electron chi connectivity index (χ4n) is 1.77. The molecule has 0 unspecified atom stereocenters. The summed E-state index contributed by atoms with van der Waals surface area (Å²) in [6, 6.07) is 8.22. The number of rotatable bonds is 9. The number of benzene rings is 1. The molecular weight excluding hydrogens is 222 g/mol. The van der Waals surface area contributed by atoms with Crippen molar-refractivity contribution >= 4 is 5.69 Å². The second kappa shape index (κ2) is 8.84. The van der Waals surface area contributed by atoms with Gasteiger partial charge in [0, 0.05) is 6.54 Å². The first-order chi connectivity index (χ1) is 8.74. The summed E-state index contributed by atoms with van der Waals surface area (Å²) in [4.78, 5) is 0. The average molecular weight is 249 g/mol. The maximum absolute atomic E-state index is 5.83. The van der Waals surface area contributed by atoms with Gasteiger partial charge in [0.05, 0.1) is 12.3 Å². The van der Waals surface area contributed by atoms with Gasteiger partial charge in [-0.05, 0) is 30.9 Å². The van der Waals surface area contributed by atoms with Gasteiger partial charge in [-0.2, -0.15) is 0 Å². The van der Waals surface area contributed by atoms with Crippen LogP contribution < -0.4 is 10.1 Å². The number of hydrogen-bond donors (Lipinski definition) is 1. The second-order valence-corrected chi connectivity index (χ2v) is 5.16. The van der Waals surface area contributed by atoms with Crippen LogP contribution in [0.4, 0.5) is 5.69 Å². The molecule has 0 aliphatic carbocycles. The van der Waals surface area contributed by atoms with Crippen LogP contribution in [0.25, 0.3) is 0 Å². The molecule has 0 fully saturated rings. The molecule has 102 valence electrons. The molecule has 0 atom stereocenters. The number of hydrogen-bond acceptors (Lipinski definition) is 2. The first-order valence-electron chi connectivity index (χ1n) is 7.19. The molecule has 0 saturated carbocycles. The Morgan fingerprint density at radius 3 is 2.67 bits per heavy atom. The van der Waals surface area contributed by atoms with E-state index in [1.54, 1.807) is 0 Å². The van der Waals surface area contributed by atoms with Crippen molar-refractivity contribution < 1.29 is 4.74 Å². The van der Waals surface area contributed by atoms with Gasteiger partial charge in [0.25, 0.3) is 0 Å². The minimum atomic E-state index is 0.732. The Hall–Kier alpha value is -1.18. The molecule has 0 amide bonds. The fourth-order valence-corrected chi connectivity index (χ4v) is 1.77. The lowest BCUT2D eigenvalue weighted by atomic mass is 10.1. The van der Waals surface area contributed by atoms with E-state index in [1.807, 2.05) is 12.1 Å². The summed E-state index contributed by atoms with van der Waals surface area (Å²) >= 11 is 0. The predicted molar refractivity (Wildman–Crippen MR) is 79.4 cm³/mol. The first-order valence-corrected chi connectivity index (χ1v) is 7.19. The smallest absolute Gasteiger partial charge is 0.142 e. The van der Waals surface area contributed by atoms with Gasteiger partial charge >= 0.3 is 0 Å². The molecule has 0 bridgehead atoms. The second-order valence-electron chi connectivity index (χ2n) is 5.16. The molecule has 1 aromatic carbocycles. The summed E-state index contributed by atoms with van der Waals surface area (Å²) in [5, 5.41) is 3.46. The normalized spacial score (nSPS) is 10.7. The van der Waals surface area contributed by atoms with Gasteiger partial charge in [-0.3, -0.25) is 0 Å². The zero-order valence-electron chi connectivity index (χ0n) is 12.0. The van der Waals surface area contributed by atoms with E-state index in [2.05, 4.69) is 38.2 Å². The van der Waals surface area contributed by atoms with Gasteiger partial charge in [0.2, 0.25) is 0 Å². The van der Waals surface area contributed by atoms with Crippen LogP contribution in [0.15, 0.2) is 24.3 Å². The quantitative estimate of drug-likeness (QED) is 0.640. The van der Waals surface area contributed by atoms with E-state index in [9.17, 15) is 0 Å². The van der Waals surface area contributed by atoms with E-state index >= 15 is 0 Å². The molecule has 1 N–H and O–H groups in total. The predicted octanol–water partition coefficient (Wildman–Crippen LogP) is 4.71. The SMILES string of the molecule is CCCCCOc1ccccc1NCCC(C)C. The highest BCUT2D eigenvalue weighted by Crippen LogP contribution is 2.24. The lowest BCUT2D eigenvalue weighted by molar-refractivity contribution is 0.307. The van der Waals surface area contributed by atoms with E-state index in [0.717, 1.165) is 36.9 Å². The molecule has 18 heavy (non-hydrogen) atoms. The summed E-state index contributed by atoms with van der Waals surface area (Å²) in [6.07, 6.45) is 4.79. The number of para-hydroxylation sites is 2. The van der Waals surface area contributed by atoms with Crippen molar-refractivity contribution in [2.24, 2.45) is 5.92 Å². The highest BCUT2D eigenvalue weighted by Gasteiger charge is 2.02. The van der Waals surface area contributed by atoms with Crippen molar-refractivity contribution in [2.45, 2.75) is 46.5 Å². The van der Waals surface area contributed by atoms with Crippen molar-refractivity contribution in [3.05, 3.63) is 24.3 Å². The monoisotopic (exact) mass is 249 g/mol. The standard InChI is InChI=1S/C16H27NO/c1-4-5-8-13-18-16-10-7-6-9-15(16)17-12-11-14(2)3/h6-7,9-10,14,17H,4-5,8,11-13H2,1-3H3. The summed E-state index contributed by atoms with van der Waals surface area (Å²) in [6.45, 7) is 8.52. The Bertz CT molecular complexity index is 323. The van der Waals surface area contributed by atoms with Gasteiger partial charge in [-0.15, -0.1) is 0 Å². The molecular formula is C16H27NO. The van der Waals surface area contributed by atoms with Crippen LogP contribution in [-0.2, 0) is 0 Å².